The summed E-state index contributed by atoms with van der Waals surface area (Å²) in [5, 5.41) is 11.5. The third-order valence-corrected chi connectivity index (χ3v) is 5.41. The summed E-state index contributed by atoms with van der Waals surface area (Å²) in [6, 6.07) is 10.7. The first-order chi connectivity index (χ1) is 10.6. The molecule has 2 atom stereocenters. The average molecular weight is 310 g/mol. The van der Waals surface area contributed by atoms with Gasteiger partial charge in [-0.25, -0.2) is 0 Å². The first-order valence-electron chi connectivity index (χ1n) is 7.80. The van der Waals surface area contributed by atoms with Crippen LogP contribution in [0.25, 0.3) is 10.1 Å². The molecular formula is C20H22OS. The van der Waals surface area contributed by atoms with Crippen LogP contribution in [0.1, 0.15) is 24.1 Å². The zero-order valence-electron chi connectivity index (χ0n) is 12.8. The standard InChI is InChI=1S/C20H22OS/c1-14-11-15(2)16(12-14)7-8-18(21)9-10-19-13-17-5-3-4-6-20(17)22-19/h3-8,13,16,18,21H,1-2,9-12H2/b8-7+/t16-,18?/m1/s1. The van der Waals surface area contributed by atoms with E-state index in [0.717, 1.165) is 25.7 Å². The van der Waals surface area contributed by atoms with Crippen molar-refractivity contribution in [3.05, 3.63) is 71.7 Å². The molecule has 2 aromatic rings. The Bertz CT molecular complexity index is 689. The number of hydrogen-bond donors (Lipinski definition) is 1. The molecule has 0 saturated heterocycles. The molecule has 3 rings (SSSR count). The number of rotatable bonds is 5. The summed E-state index contributed by atoms with van der Waals surface area (Å²) in [5.41, 5.74) is 2.47. The molecule has 1 nitrogen and oxygen atoms in total. The second kappa shape index (κ2) is 6.64. The van der Waals surface area contributed by atoms with E-state index in [1.165, 1.54) is 26.1 Å². The van der Waals surface area contributed by atoms with Crippen molar-refractivity contribution in [1.82, 2.24) is 0 Å². The molecule has 1 saturated carbocycles. The molecule has 0 amide bonds. The van der Waals surface area contributed by atoms with Crippen molar-refractivity contribution in [2.45, 2.75) is 31.8 Å². The maximum atomic E-state index is 10.2. The predicted octanol–water partition coefficient (Wildman–Crippen LogP) is 5.27. The highest BCUT2D eigenvalue weighted by atomic mass is 32.1. The highest BCUT2D eigenvalue weighted by Crippen LogP contribution is 2.34. The summed E-state index contributed by atoms with van der Waals surface area (Å²) in [6.07, 6.45) is 7.27. The Morgan fingerprint density at radius 1 is 1.32 bits per heavy atom. The molecule has 22 heavy (non-hydrogen) atoms. The fraction of sp³-hybridized carbons (Fsp3) is 0.300. The third-order valence-electron chi connectivity index (χ3n) is 4.24. The Morgan fingerprint density at radius 2 is 2.14 bits per heavy atom. The number of hydrogen-bond acceptors (Lipinski definition) is 2. The average Bonchev–Trinajstić information content (AvgIpc) is 3.05. The highest BCUT2D eigenvalue weighted by Gasteiger charge is 2.19. The van der Waals surface area contributed by atoms with Gasteiger partial charge < -0.3 is 5.11 Å². The van der Waals surface area contributed by atoms with Gasteiger partial charge in [-0.2, -0.15) is 0 Å². The van der Waals surface area contributed by atoms with Crippen molar-refractivity contribution in [3.63, 3.8) is 0 Å². The van der Waals surface area contributed by atoms with Crippen molar-refractivity contribution in [2.24, 2.45) is 5.92 Å². The topological polar surface area (TPSA) is 20.2 Å². The zero-order valence-corrected chi connectivity index (χ0v) is 13.6. The van der Waals surface area contributed by atoms with Crippen LogP contribution in [0.2, 0.25) is 0 Å². The van der Waals surface area contributed by atoms with Gasteiger partial charge in [0.15, 0.2) is 0 Å². The molecule has 0 bridgehead atoms. The lowest BCUT2D eigenvalue weighted by atomic mass is 10.0. The van der Waals surface area contributed by atoms with E-state index < -0.39 is 0 Å². The fourth-order valence-electron chi connectivity index (χ4n) is 2.99. The Hall–Kier alpha value is -1.64. The fourth-order valence-corrected chi connectivity index (χ4v) is 4.07. The largest absolute Gasteiger partial charge is 0.389 e. The SMILES string of the molecule is C=C1CC(=C)[C@H](/C=C/C(O)CCc2cc3ccccc3s2)C1. The molecule has 1 N–H and O–H groups in total. The van der Waals surface area contributed by atoms with Crippen LogP contribution in [0.3, 0.4) is 0 Å². The number of aliphatic hydroxyl groups excluding tert-OH is 1. The molecule has 1 fully saturated rings. The molecule has 1 aromatic heterocycles. The minimum atomic E-state index is -0.383. The van der Waals surface area contributed by atoms with Gasteiger partial charge in [-0.15, -0.1) is 11.3 Å². The summed E-state index contributed by atoms with van der Waals surface area (Å²) in [7, 11) is 0. The van der Waals surface area contributed by atoms with Gasteiger partial charge in [-0.05, 0) is 43.2 Å². The number of thiophene rings is 1. The van der Waals surface area contributed by atoms with Crippen LogP contribution in [0.4, 0.5) is 0 Å². The lowest BCUT2D eigenvalue weighted by Gasteiger charge is -2.07. The summed E-state index contributed by atoms with van der Waals surface area (Å²) < 4.78 is 1.32. The summed E-state index contributed by atoms with van der Waals surface area (Å²) in [4.78, 5) is 1.34. The lowest BCUT2D eigenvalue weighted by molar-refractivity contribution is 0.213. The van der Waals surface area contributed by atoms with Crippen LogP contribution in [-0.4, -0.2) is 11.2 Å². The van der Waals surface area contributed by atoms with Crippen LogP contribution >= 0.6 is 11.3 Å². The molecule has 0 spiro atoms. The maximum absolute atomic E-state index is 10.2. The van der Waals surface area contributed by atoms with E-state index >= 15 is 0 Å². The normalized spacial score (nSPS) is 20.3. The van der Waals surface area contributed by atoms with Gasteiger partial charge in [0.25, 0.3) is 0 Å². The van der Waals surface area contributed by atoms with E-state index in [0.29, 0.717) is 5.92 Å². The summed E-state index contributed by atoms with van der Waals surface area (Å²) >= 11 is 1.82. The van der Waals surface area contributed by atoms with Crippen molar-refractivity contribution in [2.75, 3.05) is 0 Å². The minimum absolute atomic E-state index is 0.367. The van der Waals surface area contributed by atoms with Gasteiger partial charge in [0.1, 0.15) is 0 Å². The molecule has 0 radical (unpaired) electrons. The number of allylic oxidation sites excluding steroid dienone is 3. The minimum Gasteiger partial charge on any atom is -0.389 e. The van der Waals surface area contributed by atoms with E-state index in [9.17, 15) is 5.11 Å². The van der Waals surface area contributed by atoms with E-state index in [1.54, 1.807) is 0 Å². The molecule has 1 aliphatic rings. The molecule has 1 heterocycles. The molecule has 2 heteroatoms. The second-order valence-electron chi connectivity index (χ2n) is 6.14. The molecular weight excluding hydrogens is 288 g/mol. The van der Waals surface area contributed by atoms with Crippen molar-refractivity contribution >= 4 is 21.4 Å². The Morgan fingerprint density at radius 3 is 2.86 bits per heavy atom. The molecule has 1 aliphatic carbocycles. The van der Waals surface area contributed by atoms with Gasteiger partial charge in [-0.3, -0.25) is 0 Å². The second-order valence-corrected chi connectivity index (χ2v) is 7.31. The monoisotopic (exact) mass is 310 g/mol. The molecule has 1 aromatic carbocycles. The summed E-state index contributed by atoms with van der Waals surface area (Å²) in [6.45, 7) is 8.11. The number of benzene rings is 1. The number of fused-ring (bicyclic) bond motifs is 1. The lowest BCUT2D eigenvalue weighted by Crippen LogP contribution is -2.04. The van der Waals surface area contributed by atoms with Gasteiger partial charge in [-0.1, -0.05) is 54.7 Å². The third kappa shape index (κ3) is 3.57. The van der Waals surface area contributed by atoms with Crippen LogP contribution in [0.5, 0.6) is 0 Å². The van der Waals surface area contributed by atoms with E-state index in [4.69, 9.17) is 0 Å². The van der Waals surface area contributed by atoms with Crippen LogP contribution in [0, 0.1) is 5.92 Å². The van der Waals surface area contributed by atoms with Crippen molar-refractivity contribution in [1.29, 1.82) is 0 Å². The molecule has 1 unspecified atom stereocenters. The molecule has 114 valence electrons. The molecule has 0 aliphatic heterocycles. The Kier molecular flexibility index (Phi) is 4.60. The van der Waals surface area contributed by atoms with Crippen molar-refractivity contribution < 1.29 is 5.11 Å². The highest BCUT2D eigenvalue weighted by molar-refractivity contribution is 7.19. The smallest absolute Gasteiger partial charge is 0.0724 e. The van der Waals surface area contributed by atoms with Gasteiger partial charge >= 0.3 is 0 Å². The quantitative estimate of drug-likeness (QED) is 0.746. The van der Waals surface area contributed by atoms with E-state index in [2.05, 4.69) is 49.6 Å². The van der Waals surface area contributed by atoms with Crippen LogP contribution < -0.4 is 0 Å². The van der Waals surface area contributed by atoms with E-state index in [1.807, 2.05) is 17.4 Å². The number of aliphatic hydroxyl groups is 1. The first kappa shape index (κ1) is 15.3. The van der Waals surface area contributed by atoms with Crippen LogP contribution in [-0.2, 0) is 6.42 Å². The van der Waals surface area contributed by atoms with E-state index in [-0.39, 0.29) is 6.10 Å². The number of aryl methyl sites for hydroxylation is 1. The van der Waals surface area contributed by atoms with Gasteiger partial charge in [0, 0.05) is 15.5 Å². The van der Waals surface area contributed by atoms with Gasteiger partial charge in [0.05, 0.1) is 6.10 Å². The van der Waals surface area contributed by atoms with Crippen LogP contribution in [0.15, 0.2) is 66.8 Å². The maximum Gasteiger partial charge on any atom is 0.0724 e. The van der Waals surface area contributed by atoms with Gasteiger partial charge in [0.2, 0.25) is 0 Å². The predicted molar refractivity (Wildman–Crippen MR) is 96.3 cm³/mol. The Balaban J connectivity index is 1.54. The van der Waals surface area contributed by atoms with Crippen molar-refractivity contribution in [3.8, 4) is 0 Å². The summed E-state index contributed by atoms with van der Waals surface area (Å²) in [5.74, 6) is 0.367. The first-order valence-corrected chi connectivity index (χ1v) is 8.61. The Labute approximate surface area is 136 Å². The zero-order chi connectivity index (χ0) is 15.5.